The SMILES string of the molecule is O=C(O)c1ccc2c(CF)noc2c1. The van der Waals surface area contributed by atoms with Crippen molar-refractivity contribution in [2.24, 2.45) is 0 Å². The standard InChI is InChI=1S/C9H6FNO3/c10-4-7-6-2-1-5(9(12)13)3-8(6)14-11-7/h1-3H,4H2,(H,12,13). The van der Waals surface area contributed by atoms with E-state index in [1.54, 1.807) is 0 Å². The van der Waals surface area contributed by atoms with Crippen LogP contribution >= 0.6 is 0 Å². The number of aromatic carboxylic acids is 1. The van der Waals surface area contributed by atoms with Gasteiger partial charge >= 0.3 is 5.97 Å². The van der Waals surface area contributed by atoms with Gasteiger partial charge < -0.3 is 9.63 Å². The Morgan fingerprint density at radius 1 is 1.57 bits per heavy atom. The topological polar surface area (TPSA) is 63.3 Å². The fraction of sp³-hybridized carbons (Fsp3) is 0.111. The Balaban J connectivity index is 2.63. The molecule has 4 nitrogen and oxygen atoms in total. The van der Waals surface area contributed by atoms with E-state index >= 15 is 0 Å². The van der Waals surface area contributed by atoms with E-state index < -0.39 is 12.6 Å². The summed E-state index contributed by atoms with van der Waals surface area (Å²) in [5.74, 6) is -1.05. The first kappa shape index (κ1) is 8.68. The first-order valence-electron chi connectivity index (χ1n) is 3.90. The van der Waals surface area contributed by atoms with E-state index in [1.807, 2.05) is 0 Å². The molecule has 72 valence electrons. The van der Waals surface area contributed by atoms with Crippen LogP contribution in [0.25, 0.3) is 11.0 Å². The molecular formula is C9H6FNO3. The van der Waals surface area contributed by atoms with Crippen LogP contribution in [0.1, 0.15) is 16.1 Å². The Hall–Kier alpha value is -1.91. The number of hydrogen-bond acceptors (Lipinski definition) is 3. The quantitative estimate of drug-likeness (QED) is 0.795. The van der Waals surface area contributed by atoms with Crippen molar-refractivity contribution in [2.75, 3.05) is 0 Å². The van der Waals surface area contributed by atoms with Gasteiger partial charge in [-0.15, -0.1) is 0 Å². The number of carbonyl (C=O) groups is 1. The zero-order valence-electron chi connectivity index (χ0n) is 7.03. The second-order valence-corrected chi connectivity index (χ2v) is 2.78. The fourth-order valence-electron chi connectivity index (χ4n) is 1.22. The number of carboxylic acid groups (broad SMARTS) is 1. The molecule has 0 fully saturated rings. The molecule has 0 aliphatic heterocycles. The molecule has 2 rings (SSSR count). The highest BCUT2D eigenvalue weighted by molar-refractivity contribution is 5.93. The summed E-state index contributed by atoms with van der Waals surface area (Å²) >= 11 is 0. The Labute approximate surface area is 77.9 Å². The molecule has 0 bridgehead atoms. The molecule has 2 aromatic rings. The molecule has 0 aliphatic rings. The van der Waals surface area contributed by atoms with Gasteiger partial charge in [0.1, 0.15) is 12.4 Å². The van der Waals surface area contributed by atoms with E-state index in [-0.39, 0.29) is 16.8 Å². The van der Waals surface area contributed by atoms with Crippen LogP contribution in [0.5, 0.6) is 0 Å². The van der Waals surface area contributed by atoms with Crippen LogP contribution in [0.15, 0.2) is 22.7 Å². The van der Waals surface area contributed by atoms with E-state index in [0.29, 0.717) is 5.39 Å². The van der Waals surface area contributed by atoms with Gasteiger partial charge in [0.05, 0.1) is 5.56 Å². The molecule has 14 heavy (non-hydrogen) atoms. The summed E-state index contributed by atoms with van der Waals surface area (Å²) in [6, 6.07) is 4.20. The molecule has 0 radical (unpaired) electrons. The van der Waals surface area contributed by atoms with Gasteiger partial charge in [0.2, 0.25) is 0 Å². The molecule has 1 aromatic heterocycles. The molecule has 0 aliphatic carbocycles. The predicted octanol–water partition coefficient (Wildman–Crippen LogP) is 2.00. The van der Waals surface area contributed by atoms with Crippen molar-refractivity contribution in [1.82, 2.24) is 5.16 Å². The van der Waals surface area contributed by atoms with Crippen molar-refractivity contribution < 1.29 is 18.8 Å². The maximum absolute atomic E-state index is 12.3. The van der Waals surface area contributed by atoms with Crippen LogP contribution in [-0.2, 0) is 6.67 Å². The number of alkyl halides is 1. The molecule has 0 spiro atoms. The fourth-order valence-corrected chi connectivity index (χ4v) is 1.22. The van der Waals surface area contributed by atoms with E-state index in [9.17, 15) is 9.18 Å². The summed E-state index contributed by atoms with van der Waals surface area (Å²) in [6.07, 6.45) is 0. The van der Waals surface area contributed by atoms with Gasteiger partial charge in [-0.2, -0.15) is 0 Å². The third-order valence-corrected chi connectivity index (χ3v) is 1.92. The highest BCUT2D eigenvalue weighted by Crippen LogP contribution is 2.20. The van der Waals surface area contributed by atoms with Crippen molar-refractivity contribution in [3.05, 3.63) is 29.5 Å². The second-order valence-electron chi connectivity index (χ2n) is 2.78. The van der Waals surface area contributed by atoms with Gasteiger partial charge in [0, 0.05) is 5.39 Å². The maximum atomic E-state index is 12.3. The zero-order valence-corrected chi connectivity index (χ0v) is 7.03. The number of benzene rings is 1. The van der Waals surface area contributed by atoms with Crippen molar-refractivity contribution in [1.29, 1.82) is 0 Å². The number of fused-ring (bicyclic) bond motifs is 1. The minimum Gasteiger partial charge on any atom is -0.478 e. The minimum atomic E-state index is -1.05. The number of carboxylic acids is 1. The summed E-state index contributed by atoms with van der Waals surface area (Å²) < 4.78 is 17.1. The van der Waals surface area contributed by atoms with E-state index in [2.05, 4.69) is 5.16 Å². The number of nitrogens with zero attached hydrogens (tertiary/aromatic N) is 1. The van der Waals surface area contributed by atoms with Crippen LogP contribution in [0.2, 0.25) is 0 Å². The monoisotopic (exact) mass is 195 g/mol. The molecule has 0 amide bonds. The number of aromatic nitrogens is 1. The lowest BCUT2D eigenvalue weighted by atomic mass is 10.1. The Morgan fingerprint density at radius 3 is 3.00 bits per heavy atom. The highest BCUT2D eigenvalue weighted by Gasteiger charge is 2.10. The van der Waals surface area contributed by atoms with Crippen LogP contribution < -0.4 is 0 Å². The zero-order chi connectivity index (χ0) is 10.1. The number of rotatable bonds is 2. The minimum absolute atomic E-state index is 0.0964. The lowest BCUT2D eigenvalue weighted by Crippen LogP contribution is -1.94. The first-order chi connectivity index (χ1) is 6.72. The van der Waals surface area contributed by atoms with Crippen LogP contribution in [0.4, 0.5) is 4.39 Å². The second kappa shape index (κ2) is 3.10. The largest absolute Gasteiger partial charge is 0.478 e. The third kappa shape index (κ3) is 1.22. The van der Waals surface area contributed by atoms with Gasteiger partial charge in [-0.25, -0.2) is 9.18 Å². The molecule has 0 saturated carbocycles. The Bertz CT molecular complexity index is 492. The van der Waals surface area contributed by atoms with Gasteiger partial charge in [0.15, 0.2) is 5.58 Å². The average molecular weight is 195 g/mol. The average Bonchev–Trinajstić information content (AvgIpc) is 2.59. The van der Waals surface area contributed by atoms with Gasteiger partial charge in [-0.1, -0.05) is 5.16 Å². The lowest BCUT2D eigenvalue weighted by Gasteiger charge is -1.92. The molecule has 5 heteroatoms. The van der Waals surface area contributed by atoms with E-state index in [1.165, 1.54) is 18.2 Å². The van der Waals surface area contributed by atoms with Crippen molar-refractivity contribution in [3.63, 3.8) is 0 Å². The van der Waals surface area contributed by atoms with Crippen LogP contribution in [0.3, 0.4) is 0 Å². The highest BCUT2D eigenvalue weighted by atomic mass is 19.1. The summed E-state index contributed by atoms with van der Waals surface area (Å²) in [4.78, 5) is 10.6. The van der Waals surface area contributed by atoms with Crippen molar-refractivity contribution in [3.8, 4) is 0 Å². The summed E-state index contributed by atoms with van der Waals surface area (Å²) in [5.41, 5.74) is 0.577. The molecule has 0 atom stereocenters. The molecular weight excluding hydrogens is 189 g/mol. The van der Waals surface area contributed by atoms with E-state index in [0.717, 1.165) is 0 Å². The van der Waals surface area contributed by atoms with E-state index in [4.69, 9.17) is 9.63 Å². The number of hydrogen-bond donors (Lipinski definition) is 1. The lowest BCUT2D eigenvalue weighted by molar-refractivity contribution is 0.0697. The molecule has 1 aromatic carbocycles. The normalized spacial score (nSPS) is 10.6. The smallest absolute Gasteiger partial charge is 0.335 e. The van der Waals surface area contributed by atoms with Gasteiger partial charge in [-0.05, 0) is 18.2 Å². The third-order valence-electron chi connectivity index (χ3n) is 1.92. The van der Waals surface area contributed by atoms with Crippen molar-refractivity contribution in [2.45, 2.75) is 6.67 Å². The predicted molar refractivity (Wildman–Crippen MR) is 45.8 cm³/mol. The molecule has 0 saturated heterocycles. The maximum Gasteiger partial charge on any atom is 0.335 e. The van der Waals surface area contributed by atoms with Crippen LogP contribution in [-0.4, -0.2) is 16.2 Å². The van der Waals surface area contributed by atoms with Gasteiger partial charge in [0.25, 0.3) is 0 Å². The Morgan fingerprint density at radius 2 is 2.36 bits per heavy atom. The van der Waals surface area contributed by atoms with Crippen LogP contribution in [0, 0.1) is 0 Å². The first-order valence-corrected chi connectivity index (χ1v) is 3.90. The molecule has 1 heterocycles. The number of halogens is 1. The summed E-state index contributed by atoms with van der Waals surface area (Å²) in [7, 11) is 0. The summed E-state index contributed by atoms with van der Waals surface area (Å²) in [5, 5.41) is 12.7. The molecule has 1 N–H and O–H groups in total. The summed E-state index contributed by atoms with van der Waals surface area (Å²) in [6.45, 7) is -0.723. The Kier molecular flexibility index (Phi) is 1.92. The van der Waals surface area contributed by atoms with Gasteiger partial charge in [-0.3, -0.25) is 0 Å². The van der Waals surface area contributed by atoms with Crippen molar-refractivity contribution >= 4 is 16.9 Å². The molecule has 0 unspecified atom stereocenters.